The van der Waals surface area contributed by atoms with E-state index < -0.39 is 0 Å². The van der Waals surface area contributed by atoms with E-state index in [4.69, 9.17) is 5.73 Å². The highest BCUT2D eigenvalue weighted by Gasteiger charge is 2.29. The molecule has 0 bridgehead atoms. The van der Waals surface area contributed by atoms with Gasteiger partial charge >= 0.3 is 0 Å². The van der Waals surface area contributed by atoms with E-state index in [1.807, 2.05) is 0 Å². The number of amides is 1. The highest BCUT2D eigenvalue weighted by Crippen LogP contribution is 2.15. The average molecular weight is 284 g/mol. The third-order valence-electron chi connectivity index (χ3n) is 4.26. The van der Waals surface area contributed by atoms with Crippen molar-refractivity contribution in [1.82, 2.24) is 15.1 Å². The van der Waals surface area contributed by atoms with Crippen LogP contribution in [0.4, 0.5) is 0 Å². The van der Waals surface area contributed by atoms with Crippen molar-refractivity contribution in [1.29, 1.82) is 0 Å². The summed E-state index contributed by atoms with van der Waals surface area (Å²) in [5.41, 5.74) is 5.88. The number of piperazine rings is 1. The molecule has 1 saturated heterocycles. The Kier molecular flexibility index (Phi) is 6.92. The molecule has 5 heteroatoms. The molecule has 1 heterocycles. The van der Waals surface area contributed by atoms with Crippen molar-refractivity contribution in [2.45, 2.75) is 51.6 Å². The molecule has 0 saturated carbocycles. The second-order valence-electron chi connectivity index (χ2n) is 6.57. The first-order chi connectivity index (χ1) is 9.36. The van der Waals surface area contributed by atoms with Crippen LogP contribution in [0.1, 0.15) is 40.0 Å². The molecular weight excluding hydrogens is 252 g/mol. The number of rotatable bonds is 7. The van der Waals surface area contributed by atoms with Gasteiger partial charge in [0.15, 0.2) is 0 Å². The monoisotopic (exact) mass is 284 g/mol. The molecule has 1 unspecified atom stereocenters. The fourth-order valence-electron chi connectivity index (χ4n) is 2.51. The summed E-state index contributed by atoms with van der Waals surface area (Å²) >= 11 is 0. The fourth-order valence-corrected chi connectivity index (χ4v) is 2.51. The highest BCUT2D eigenvalue weighted by atomic mass is 16.2. The lowest BCUT2D eigenvalue weighted by Crippen LogP contribution is -2.58. The normalized spacial score (nSPS) is 19.9. The van der Waals surface area contributed by atoms with Gasteiger partial charge in [0, 0.05) is 38.3 Å². The molecule has 1 amide bonds. The number of nitrogens with two attached hydrogens (primary N) is 1. The topological polar surface area (TPSA) is 61.6 Å². The summed E-state index contributed by atoms with van der Waals surface area (Å²) in [6.07, 6.45) is 2.86. The van der Waals surface area contributed by atoms with Crippen molar-refractivity contribution in [2.24, 2.45) is 5.73 Å². The molecule has 0 aliphatic carbocycles. The van der Waals surface area contributed by atoms with Gasteiger partial charge in [0.25, 0.3) is 0 Å². The number of hydrogen-bond acceptors (Lipinski definition) is 4. The van der Waals surface area contributed by atoms with E-state index in [2.05, 4.69) is 42.9 Å². The van der Waals surface area contributed by atoms with Gasteiger partial charge in [-0.3, -0.25) is 9.69 Å². The molecule has 0 aromatic heterocycles. The summed E-state index contributed by atoms with van der Waals surface area (Å²) in [4.78, 5) is 16.8. The second kappa shape index (κ2) is 7.96. The lowest BCUT2D eigenvalue weighted by atomic mass is 10.0. The number of likely N-dealkylation sites (N-methyl/N-ethyl adjacent to an activating group) is 1. The summed E-state index contributed by atoms with van der Waals surface area (Å²) < 4.78 is 0. The zero-order valence-electron chi connectivity index (χ0n) is 13.6. The van der Waals surface area contributed by atoms with Gasteiger partial charge in [0.05, 0.1) is 6.04 Å². The first kappa shape index (κ1) is 17.4. The molecule has 1 fully saturated rings. The van der Waals surface area contributed by atoms with E-state index >= 15 is 0 Å². The number of nitrogens with zero attached hydrogens (tertiary/aromatic N) is 2. The van der Waals surface area contributed by atoms with Gasteiger partial charge in [-0.1, -0.05) is 19.8 Å². The van der Waals surface area contributed by atoms with Crippen molar-refractivity contribution in [3.8, 4) is 0 Å². The SMILES string of the molecule is CCCCC(N)C(=O)NCC(C)(C)N1CCN(C)CC1. The summed E-state index contributed by atoms with van der Waals surface area (Å²) in [6, 6.07) is -0.363. The minimum atomic E-state index is -0.363. The van der Waals surface area contributed by atoms with Gasteiger partial charge in [-0.25, -0.2) is 0 Å². The molecule has 0 aromatic carbocycles. The lowest BCUT2D eigenvalue weighted by Gasteiger charge is -2.43. The van der Waals surface area contributed by atoms with Crippen LogP contribution in [0.3, 0.4) is 0 Å². The molecular formula is C15H32N4O. The third-order valence-corrected chi connectivity index (χ3v) is 4.26. The molecule has 20 heavy (non-hydrogen) atoms. The van der Waals surface area contributed by atoms with Crippen LogP contribution in [0, 0.1) is 0 Å². The van der Waals surface area contributed by atoms with E-state index in [0.717, 1.165) is 45.4 Å². The van der Waals surface area contributed by atoms with Gasteiger partial charge in [-0.05, 0) is 27.3 Å². The Bertz CT molecular complexity index is 298. The molecule has 1 rings (SSSR count). The quantitative estimate of drug-likeness (QED) is 0.720. The van der Waals surface area contributed by atoms with Crippen LogP contribution in [-0.2, 0) is 4.79 Å². The minimum Gasteiger partial charge on any atom is -0.353 e. The van der Waals surface area contributed by atoms with Crippen molar-refractivity contribution in [3.05, 3.63) is 0 Å². The molecule has 3 N–H and O–H groups in total. The molecule has 1 aliphatic rings. The lowest BCUT2D eigenvalue weighted by molar-refractivity contribution is -0.123. The molecule has 1 aliphatic heterocycles. The van der Waals surface area contributed by atoms with E-state index in [0.29, 0.717) is 6.54 Å². The predicted molar refractivity (Wildman–Crippen MR) is 83.7 cm³/mol. The largest absolute Gasteiger partial charge is 0.353 e. The zero-order chi connectivity index (χ0) is 15.2. The maximum Gasteiger partial charge on any atom is 0.236 e. The fraction of sp³-hybridized carbons (Fsp3) is 0.933. The minimum absolute atomic E-state index is 0.0125. The smallest absolute Gasteiger partial charge is 0.236 e. The van der Waals surface area contributed by atoms with Gasteiger partial charge < -0.3 is 16.0 Å². The Hall–Kier alpha value is -0.650. The van der Waals surface area contributed by atoms with Crippen LogP contribution in [0.15, 0.2) is 0 Å². The number of unbranched alkanes of at least 4 members (excludes halogenated alkanes) is 1. The van der Waals surface area contributed by atoms with Crippen LogP contribution in [-0.4, -0.2) is 67.1 Å². The van der Waals surface area contributed by atoms with Crippen LogP contribution >= 0.6 is 0 Å². The molecule has 0 spiro atoms. The Morgan fingerprint density at radius 2 is 1.90 bits per heavy atom. The van der Waals surface area contributed by atoms with Crippen molar-refractivity contribution >= 4 is 5.91 Å². The van der Waals surface area contributed by atoms with Crippen LogP contribution in [0.5, 0.6) is 0 Å². The average Bonchev–Trinajstić information content (AvgIpc) is 2.42. The summed E-state index contributed by atoms with van der Waals surface area (Å²) in [6.45, 7) is 11.5. The van der Waals surface area contributed by atoms with Gasteiger partial charge in [-0.15, -0.1) is 0 Å². The molecule has 5 nitrogen and oxygen atoms in total. The maximum absolute atomic E-state index is 12.0. The standard InChI is InChI=1S/C15H32N4O/c1-5-6-7-13(16)14(20)17-12-15(2,3)19-10-8-18(4)9-11-19/h13H,5-12,16H2,1-4H3,(H,17,20). The summed E-state index contributed by atoms with van der Waals surface area (Å²) in [7, 11) is 2.15. The molecule has 0 radical (unpaired) electrons. The summed E-state index contributed by atoms with van der Waals surface area (Å²) in [5.74, 6) is -0.0133. The Morgan fingerprint density at radius 1 is 1.30 bits per heavy atom. The van der Waals surface area contributed by atoms with Crippen LogP contribution < -0.4 is 11.1 Å². The van der Waals surface area contributed by atoms with Gasteiger partial charge in [0.2, 0.25) is 5.91 Å². The Balaban J connectivity index is 2.36. The highest BCUT2D eigenvalue weighted by molar-refractivity contribution is 5.81. The van der Waals surface area contributed by atoms with E-state index in [1.165, 1.54) is 0 Å². The molecule has 0 aromatic rings. The number of nitrogens with one attached hydrogen (secondary N) is 1. The third kappa shape index (κ3) is 5.38. The number of carbonyl (C=O) groups excluding carboxylic acids is 1. The second-order valence-corrected chi connectivity index (χ2v) is 6.57. The van der Waals surface area contributed by atoms with E-state index in [1.54, 1.807) is 0 Å². The Morgan fingerprint density at radius 3 is 2.45 bits per heavy atom. The van der Waals surface area contributed by atoms with Crippen LogP contribution in [0.2, 0.25) is 0 Å². The first-order valence-electron chi connectivity index (χ1n) is 7.83. The van der Waals surface area contributed by atoms with E-state index in [9.17, 15) is 4.79 Å². The summed E-state index contributed by atoms with van der Waals surface area (Å²) in [5, 5.41) is 3.02. The van der Waals surface area contributed by atoms with Crippen molar-refractivity contribution in [3.63, 3.8) is 0 Å². The van der Waals surface area contributed by atoms with Crippen molar-refractivity contribution < 1.29 is 4.79 Å². The van der Waals surface area contributed by atoms with E-state index in [-0.39, 0.29) is 17.5 Å². The zero-order valence-corrected chi connectivity index (χ0v) is 13.6. The van der Waals surface area contributed by atoms with Gasteiger partial charge in [0.1, 0.15) is 0 Å². The molecule has 1 atom stereocenters. The van der Waals surface area contributed by atoms with Crippen LogP contribution in [0.25, 0.3) is 0 Å². The van der Waals surface area contributed by atoms with Gasteiger partial charge in [-0.2, -0.15) is 0 Å². The number of carbonyl (C=O) groups is 1. The van der Waals surface area contributed by atoms with Crippen molar-refractivity contribution in [2.75, 3.05) is 39.8 Å². The maximum atomic E-state index is 12.0. The Labute approximate surface area is 123 Å². The first-order valence-corrected chi connectivity index (χ1v) is 7.83. The molecule has 118 valence electrons. The number of hydrogen-bond donors (Lipinski definition) is 2. The predicted octanol–water partition coefficient (Wildman–Crippen LogP) is 0.646.